The Balaban J connectivity index is 2.63. The van der Waals surface area contributed by atoms with E-state index in [1.807, 2.05) is 0 Å². The number of hydrogen-bond donors (Lipinski definition) is 3. The third-order valence-corrected chi connectivity index (χ3v) is 1.60. The molecule has 0 saturated heterocycles. The Morgan fingerprint density at radius 1 is 1.92 bits per heavy atom. The second-order valence-corrected chi connectivity index (χ2v) is 2.65. The van der Waals surface area contributed by atoms with Crippen molar-refractivity contribution in [3.05, 3.63) is 24.3 Å². The van der Waals surface area contributed by atoms with Crippen molar-refractivity contribution in [3.63, 3.8) is 0 Å². The van der Waals surface area contributed by atoms with Crippen molar-refractivity contribution in [2.24, 2.45) is 5.73 Å². The van der Waals surface area contributed by atoms with Gasteiger partial charge in [0.05, 0.1) is 0 Å². The van der Waals surface area contributed by atoms with E-state index in [9.17, 15) is 4.79 Å². The molecule has 4 N–H and O–H groups in total. The molecule has 0 unspecified atom stereocenters. The number of nitrogens with zero attached hydrogens (tertiary/aromatic N) is 1. The number of aliphatic carboxylic acids is 1. The maximum Gasteiger partial charge on any atom is 0.320 e. The highest BCUT2D eigenvalue weighted by Crippen LogP contribution is 2.01. The van der Waals surface area contributed by atoms with Crippen LogP contribution in [-0.2, 0) is 11.2 Å². The number of H-pyrrole nitrogens is 1. The van der Waals surface area contributed by atoms with E-state index in [0.717, 1.165) is 0 Å². The lowest BCUT2D eigenvalue weighted by molar-refractivity contribution is -0.138. The smallest absolute Gasteiger partial charge is 0.320 e. The number of carboxylic acid groups (broad SMARTS) is 1. The third-order valence-electron chi connectivity index (χ3n) is 1.60. The molecule has 0 amide bonds. The molecule has 0 aromatic carbocycles. The highest BCUT2D eigenvalue weighted by atomic mass is 16.4. The quantitative estimate of drug-likeness (QED) is 0.610. The number of aromatic nitrogens is 2. The molecule has 1 rings (SSSR count). The molecule has 70 valence electrons. The zero-order valence-electron chi connectivity index (χ0n) is 7.03. The molecule has 1 aromatic rings. The maximum atomic E-state index is 10.4. The standard InChI is InChI=1S/C8H11N3O2/c1-2-7-10-4-5(11-7)3-6(9)8(12)13/h2,4,6H,1,3,9H2,(H,10,11)(H,12,13)/t6-/m0/s1. The number of carbonyl (C=O) groups is 1. The lowest BCUT2D eigenvalue weighted by atomic mass is 10.2. The van der Waals surface area contributed by atoms with E-state index in [-0.39, 0.29) is 6.42 Å². The third kappa shape index (κ3) is 2.41. The van der Waals surface area contributed by atoms with Gasteiger partial charge in [-0.2, -0.15) is 0 Å². The molecule has 0 aliphatic heterocycles. The molecule has 1 heterocycles. The molecule has 0 fully saturated rings. The van der Waals surface area contributed by atoms with Crippen LogP contribution in [0, 0.1) is 0 Å². The van der Waals surface area contributed by atoms with Crippen molar-refractivity contribution in [1.29, 1.82) is 0 Å². The molecule has 0 spiro atoms. The second-order valence-electron chi connectivity index (χ2n) is 2.65. The summed E-state index contributed by atoms with van der Waals surface area (Å²) in [7, 11) is 0. The van der Waals surface area contributed by atoms with E-state index in [2.05, 4.69) is 16.5 Å². The van der Waals surface area contributed by atoms with Gasteiger partial charge in [0, 0.05) is 18.3 Å². The molecular formula is C8H11N3O2. The summed E-state index contributed by atoms with van der Waals surface area (Å²) < 4.78 is 0. The van der Waals surface area contributed by atoms with E-state index < -0.39 is 12.0 Å². The van der Waals surface area contributed by atoms with Crippen molar-refractivity contribution < 1.29 is 9.90 Å². The fraction of sp³-hybridized carbons (Fsp3) is 0.250. The summed E-state index contributed by atoms with van der Waals surface area (Å²) in [5.74, 6) is -0.401. The summed E-state index contributed by atoms with van der Waals surface area (Å²) in [5.41, 5.74) is 6.02. The highest BCUT2D eigenvalue weighted by molar-refractivity contribution is 5.73. The monoisotopic (exact) mass is 181 g/mol. The molecule has 0 radical (unpaired) electrons. The normalized spacial score (nSPS) is 12.4. The Kier molecular flexibility index (Phi) is 2.81. The first-order valence-electron chi connectivity index (χ1n) is 3.78. The van der Waals surface area contributed by atoms with Gasteiger partial charge in [-0.15, -0.1) is 0 Å². The van der Waals surface area contributed by atoms with Crippen LogP contribution >= 0.6 is 0 Å². The number of imidazole rings is 1. The average molecular weight is 181 g/mol. The molecular weight excluding hydrogens is 170 g/mol. The first-order valence-corrected chi connectivity index (χ1v) is 3.78. The van der Waals surface area contributed by atoms with Gasteiger partial charge in [0.2, 0.25) is 0 Å². The number of carboxylic acids is 1. The Bertz CT molecular complexity index is 319. The molecule has 0 saturated carbocycles. The lowest BCUT2D eigenvalue weighted by Gasteiger charge is -2.02. The zero-order chi connectivity index (χ0) is 9.84. The minimum Gasteiger partial charge on any atom is -0.480 e. The summed E-state index contributed by atoms with van der Waals surface area (Å²) in [5, 5.41) is 8.53. The molecule has 0 aliphatic rings. The van der Waals surface area contributed by atoms with Crippen molar-refractivity contribution in [2.45, 2.75) is 12.5 Å². The van der Waals surface area contributed by atoms with Crippen molar-refractivity contribution in [2.75, 3.05) is 0 Å². The number of aromatic amines is 1. The average Bonchev–Trinajstić information content (AvgIpc) is 2.52. The zero-order valence-corrected chi connectivity index (χ0v) is 7.03. The SMILES string of the molecule is C=Cc1ncc(C[C@H](N)C(=O)O)[nH]1. The molecule has 13 heavy (non-hydrogen) atoms. The minimum atomic E-state index is -1.02. The van der Waals surface area contributed by atoms with E-state index >= 15 is 0 Å². The molecule has 1 aromatic heterocycles. The van der Waals surface area contributed by atoms with Crippen LogP contribution in [0.2, 0.25) is 0 Å². The van der Waals surface area contributed by atoms with Gasteiger partial charge in [0.15, 0.2) is 0 Å². The van der Waals surface area contributed by atoms with Crippen LogP contribution in [0.25, 0.3) is 6.08 Å². The van der Waals surface area contributed by atoms with Gasteiger partial charge in [-0.3, -0.25) is 4.79 Å². The van der Waals surface area contributed by atoms with Crippen LogP contribution in [0.1, 0.15) is 11.5 Å². The first-order chi connectivity index (χ1) is 6.13. The number of nitrogens with two attached hydrogens (primary N) is 1. The summed E-state index contributed by atoms with van der Waals surface area (Å²) in [4.78, 5) is 17.2. The van der Waals surface area contributed by atoms with Gasteiger partial charge < -0.3 is 15.8 Å². The molecule has 5 nitrogen and oxygen atoms in total. The highest BCUT2D eigenvalue weighted by Gasteiger charge is 2.12. The molecule has 1 atom stereocenters. The summed E-state index contributed by atoms with van der Waals surface area (Å²) >= 11 is 0. The number of nitrogens with one attached hydrogen (secondary N) is 1. The van der Waals surface area contributed by atoms with E-state index in [1.54, 1.807) is 12.3 Å². The van der Waals surface area contributed by atoms with Crippen LogP contribution in [0.4, 0.5) is 0 Å². The van der Waals surface area contributed by atoms with Crippen molar-refractivity contribution in [3.8, 4) is 0 Å². The van der Waals surface area contributed by atoms with E-state index in [1.165, 1.54) is 0 Å². The lowest BCUT2D eigenvalue weighted by Crippen LogP contribution is -2.32. The van der Waals surface area contributed by atoms with E-state index in [0.29, 0.717) is 11.5 Å². The first kappa shape index (κ1) is 9.47. The van der Waals surface area contributed by atoms with E-state index in [4.69, 9.17) is 10.8 Å². The predicted molar refractivity (Wildman–Crippen MR) is 48.0 cm³/mol. The van der Waals surface area contributed by atoms with Crippen LogP contribution in [0.15, 0.2) is 12.8 Å². The van der Waals surface area contributed by atoms with Crippen LogP contribution in [0.5, 0.6) is 0 Å². The predicted octanol–water partition coefficient (Wildman–Crippen LogP) is 0.00710. The van der Waals surface area contributed by atoms with Gasteiger partial charge in [-0.05, 0) is 6.08 Å². The summed E-state index contributed by atoms with van der Waals surface area (Å²) in [6.07, 6.45) is 3.35. The van der Waals surface area contributed by atoms with Gasteiger partial charge in [0.25, 0.3) is 0 Å². The van der Waals surface area contributed by atoms with Gasteiger partial charge in [0.1, 0.15) is 11.9 Å². The summed E-state index contributed by atoms with van der Waals surface area (Å²) in [6.45, 7) is 3.52. The van der Waals surface area contributed by atoms with Gasteiger partial charge in [-0.1, -0.05) is 6.58 Å². The Morgan fingerprint density at radius 3 is 3.08 bits per heavy atom. The van der Waals surface area contributed by atoms with Crippen molar-refractivity contribution in [1.82, 2.24) is 9.97 Å². The molecule has 5 heteroatoms. The maximum absolute atomic E-state index is 10.4. The number of hydrogen-bond acceptors (Lipinski definition) is 3. The Labute approximate surface area is 75.3 Å². The molecule has 0 aliphatic carbocycles. The fourth-order valence-corrected chi connectivity index (χ4v) is 0.908. The van der Waals surface area contributed by atoms with Gasteiger partial charge >= 0.3 is 5.97 Å². The largest absolute Gasteiger partial charge is 0.480 e. The topological polar surface area (TPSA) is 92.0 Å². The molecule has 0 bridgehead atoms. The fourth-order valence-electron chi connectivity index (χ4n) is 0.908. The van der Waals surface area contributed by atoms with Crippen LogP contribution in [0.3, 0.4) is 0 Å². The second kappa shape index (κ2) is 3.86. The summed E-state index contributed by atoms with van der Waals surface area (Å²) in [6, 6.07) is -0.891. The Hall–Kier alpha value is -1.62. The van der Waals surface area contributed by atoms with Gasteiger partial charge in [-0.25, -0.2) is 4.98 Å². The minimum absolute atomic E-state index is 0.246. The number of rotatable bonds is 4. The Morgan fingerprint density at radius 2 is 2.62 bits per heavy atom. The van der Waals surface area contributed by atoms with Crippen LogP contribution < -0.4 is 5.73 Å². The van der Waals surface area contributed by atoms with Crippen LogP contribution in [-0.4, -0.2) is 27.1 Å². The van der Waals surface area contributed by atoms with Crippen molar-refractivity contribution >= 4 is 12.0 Å².